The van der Waals surface area contributed by atoms with Gasteiger partial charge in [0.1, 0.15) is 0 Å². The highest BCUT2D eigenvalue weighted by Gasteiger charge is 1.86. The van der Waals surface area contributed by atoms with Crippen molar-refractivity contribution in [2.24, 2.45) is 5.73 Å². The van der Waals surface area contributed by atoms with Gasteiger partial charge in [-0.15, -0.1) is 0 Å². The summed E-state index contributed by atoms with van der Waals surface area (Å²) < 4.78 is 0. The number of allylic oxidation sites excluding steroid dienone is 2. The average Bonchev–Trinajstić information content (AvgIpc) is 1.89. The number of carbonyl (C=O) groups excluding carboxylic acids is 1. The molecular weight excluding hydrogens is 126 g/mol. The number of primary amides is 1. The van der Waals surface area contributed by atoms with Gasteiger partial charge in [0, 0.05) is 5.57 Å². The Balaban J connectivity index is 0. The second-order valence-corrected chi connectivity index (χ2v) is 1.62. The first-order chi connectivity index (χ1) is 4.56. The highest BCUT2D eigenvalue weighted by Crippen LogP contribution is 1.78. The molecule has 2 heteroatoms. The van der Waals surface area contributed by atoms with E-state index < -0.39 is 5.91 Å². The SMILES string of the molecule is C=C(C)C(N)=O.C=CC=C. The van der Waals surface area contributed by atoms with Crippen LogP contribution in [0.2, 0.25) is 0 Å². The van der Waals surface area contributed by atoms with E-state index in [-0.39, 0.29) is 0 Å². The molecule has 0 fully saturated rings. The molecule has 2 nitrogen and oxygen atoms in total. The van der Waals surface area contributed by atoms with Crippen LogP contribution in [-0.2, 0) is 4.79 Å². The van der Waals surface area contributed by atoms with Crippen LogP contribution in [0.25, 0.3) is 0 Å². The topological polar surface area (TPSA) is 43.1 Å². The van der Waals surface area contributed by atoms with E-state index in [0.717, 1.165) is 0 Å². The minimum atomic E-state index is -0.435. The van der Waals surface area contributed by atoms with E-state index in [1.54, 1.807) is 19.1 Å². The van der Waals surface area contributed by atoms with Gasteiger partial charge in [0.2, 0.25) is 5.91 Å². The fourth-order valence-corrected chi connectivity index (χ4v) is 0. The number of amides is 1. The second kappa shape index (κ2) is 7.69. The molecule has 0 rings (SSSR count). The largest absolute Gasteiger partial charge is 0.366 e. The average molecular weight is 139 g/mol. The molecule has 0 aromatic carbocycles. The van der Waals surface area contributed by atoms with E-state index in [1.165, 1.54) is 0 Å². The molecule has 0 heterocycles. The van der Waals surface area contributed by atoms with Crippen LogP contribution in [0, 0.1) is 0 Å². The van der Waals surface area contributed by atoms with Crippen LogP contribution in [0.5, 0.6) is 0 Å². The minimum absolute atomic E-state index is 0.398. The molecule has 0 bridgehead atoms. The van der Waals surface area contributed by atoms with Gasteiger partial charge in [0.05, 0.1) is 0 Å². The molecule has 0 aliphatic heterocycles. The van der Waals surface area contributed by atoms with Gasteiger partial charge in [-0.3, -0.25) is 4.79 Å². The molecule has 2 N–H and O–H groups in total. The molecule has 0 aliphatic rings. The highest BCUT2D eigenvalue weighted by molar-refractivity contribution is 5.90. The molecule has 0 unspecified atom stereocenters. The lowest BCUT2D eigenvalue weighted by atomic mass is 10.3. The lowest BCUT2D eigenvalue weighted by molar-refractivity contribution is -0.114. The molecule has 1 amide bonds. The molecule has 10 heavy (non-hydrogen) atoms. The summed E-state index contributed by atoms with van der Waals surface area (Å²) in [6.07, 6.45) is 3.28. The van der Waals surface area contributed by atoms with Crippen molar-refractivity contribution in [1.82, 2.24) is 0 Å². The third-order valence-electron chi connectivity index (χ3n) is 0.587. The maximum absolute atomic E-state index is 9.82. The maximum atomic E-state index is 9.82. The number of rotatable bonds is 2. The lowest BCUT2D eigenvalue weighted by Gasteiger charge is -1.81. The third-order valence-corrected chi connectivity index (χ3v) is 0.587. The van der Waals surface area contributed by atoms with E-state index >= 15 is 0 Å². The van der Waals surface area contributed by atoms with Crippen molar-refractivity contribution in [2.75, 3.05) is 0 Å². The molecule has 0 atom stereocenters. The van der Waals surface area contributed by atoms with Gasteiger partial charge in [0.25, 0.3) is 0 Å². The van der Waals surface area contributed by atoms with Gasteiger partial charge in [0.15, 0.2) is 0 Å². The van der Waals surface area contributed by atoms with E-state index in [4.69, 9.17) is 5.73 Å². The summed E-state index contributed by atoms with van der Waals surface area (Å²) in [4.78, 5) is 9.82. The fourth-order valence-electron chi connectivity index (χ4n) is 0. The molecule has 0 aromatic heterocycles. The first kappa shape index (κ1) is 11.5. The van der Waals surface area contributed by atoms with Crippen LogP contribution < -0.4 is 5.73 Å². The van der Waals surface area contributed by atoms with Crippen LogP contribution in [0.15, 0.2) is 37.5 Å². The van der Waals surface area contributed by atoms with Gasteiger partial charge in [-0.2, -0.15) is 0 Å². The van der Waals surface area contributed by atoms with Crippen LogP contribution in [-0.4, -0.2) is 5.91 Å². The predicted octanol–water partition coefficient (Wildman–Crippen LogP) is 1.41. The van der Waals surface area contributed by atoms with Gasteiger partial charge in [-0.05, 0) is 6.92 Å². The first-order valence-electron chi connectivity index (χ1n) is 2.75. The van der Waals surface area contributed by atoms with E-state index in [9.17, 15) is 4.79 Å². The summed E-state index contributed by atoms with van der Waals surface area (Å²) in [5, 5.41) is 0. The van der Waals surface area contributed by atoms with Gasteiger partial charge in [-0.1, -0.05) is 31.9 Å². The first-order valence-corrected chi connectivity index (χ1v) is 2.75. The van der Waals surface area contributed by atoms with Gasteiger partial charge in [-0.25, -0.2) is 0 Å². The van der Waals surface area contributed by atoms with Crippen molar-refractivity contribution in [3.8, 4) is 0 Å². The Hall–Kier alpha value is -1.31. The molecule has 0 aromatic rings. The Bertz CT molecular complexity index is 129. The van der Waals surface area contributed by atoms with Crippen molar-refractivity contribution in [2.45, 2.75) is 6.92 Å². The Morgan fingerprint density at radius 3 is 1.60 bits per heavy atom. The fraction of sp³-hybridized carbons (Fsp3) is 0.125. The quantitative estimate of drug-likeness (QED) is 0.456. The second-order valence-electron chi connectivity index (χ2n) is 1.62. The summed E-state index contributed by atoms with van der Waals surface area (Å²) >= 11 is 0. The molecule has 0 saturated heterocycles. The zero-order valence-electron chi connectivity index (χ0n) is 6.26. The standard InChI is InChI=1S/C4H7NO.C4H6/c1-3(2)4(5)6;1-3-4-2/h1H2,2H3,(H2,5,6);3-4H,1-2H2. The number of hydrogen-bond acceptors (Lipinski definition) is 1. The van der Waals surface area contributed by atoms with Crippen molar-refractivity contribution >= 4 is 5.91 Å². The zero-order valence-corrected chi connectivity index (χ0v) is 6.26. The van der Waals surface area contributed by atoms with Crippen molar-refractivity contribution in [3.63, 3.8) is 0 Å². The van der Waals surface area contributed by atoms with Crippen LogP contribution in [0.3, 0.4) is 0 Å². The summed E-state index contributed by atoms with van der Waals surface area (Å²) in [6.45, 7) is 11.6. The Morgan fingerprint density at radius 1 is 1.40 bits per heavy atom. The van der Waals surface area contributed by atoms with Gasteiger partial charge >= 0.3 is 0 Å². The summed E-state index contributed by atoms with van der Waals surface area (Å²) in [7, 11) is 0. The number of carbonyl (C=O) groups is 1. The molecule has 56 valence electrons. The lowest BCUT2D eigenvalue weighted by Crippen LogP contribution is -2.10. The van der Waals surface area contributed by atoms with Crippen LogP contribution in [0.1, 0.15) is 6.92 Å². The normalized spacial score (nSPS) is 6.50. The van der Waals surface area contributed by atoms with Crippen LogP contribution >= 0.6 is 0 Å². The van der Waals surface area contributed by atoms with Gasteiger partial charge < -0.3 is 5.73 Å². The summed E-state index contributed by atoms with van der Waals surface area (Å²) in [6, 6.07) is 0. The van der Waals surface area contributed by atoms with Crippen molar-refractivity contribution in [1.29, 1.82) is 0 Å². The maximum Gasteiger partial charge on any atom is 0.243 e. The van der Waals surface area contributed by atoms with E-state index in [1.807, 2.05) is 0 Å². The predicted molar refractivity (Wildman–Crippen MR) is 44.4 cm³/mol. The summed E-state index contributed by atoms with van der Waals surface area (Å²) in [5.41, 5.74) is 5.09. The molecule has 0 saturated carbocycles. The van der Waals surface area contributed by atoms with E-state index in [2.05, 4.69) is 19.7 Å². The van der Waals surface area contributed by atoms with Crippen molar-refractivity contribution in [3.05, 3.63) is 37.5 Å². The Morgan fingerprint density at radius 2 is 1.60 bits per heavy atom. The molecule has 0 radical (unpaired) electrons. The number of nitrogens with two attached hydrogens (primary N) is 1. The Labute approximate surface area is 61.7 Å². The smallest absolute Gasteiger partial charge is 0.243 e. The molecular formula is C8H13NO. The Kier molecular flexibility index (Phi) is 8.83. The van der Waals surface area contributed by atoms with Crippen LogP contribution in [0.4, 0.5) is 0 Å². The molecule has 0 aliphatic carbocycles. The number of hydrogen-bond donors (Lipinski definition) is 1. The minimum Gasteiger partial charge on any atom is -0.366 e. The monoisotopic (exact) mass is 139 g/mol. The van der Waals surface area contributed by atoms with E-state index in [0.29, 0.717) is 5.57 Å². The van der Waals surface area contributed by atoms with Crippen molar-refractivity contribution < 1.29 is 4.79 Å². The summed E-state index contributed by atoms with van der Waals surface area (Å²) in [5.74, 6) is -0.435. The third kappa shape index (κ3) is 15.9. The molecule has 0 spiro atoms. The zero-order chi connectivity index (χ0) is 8.57. The highest BCUT2D eigenvalue weighted by atomic mass is 16.1.